The topological polar surface area (TPSA) is 21.3 Å². The normalized spacial score (nSPS) is 22.8. The molecule has 0 aromatic heterocycles. The molecule has 0 amide bonds. The maximum Gasteiger partial charge on any atom is 0.123 e. The molecule has 1 aromatic carbocycles. The Morgan fingerprint density at radius 3 is 2.86 bits per heavy atom. The van der Waals surface area contributed by atoms with Gasteiger partial charge in [-0.3, -0.25) is 0 Å². The van der Waals surface area contributed by atoms with Crippen LogP contribution < -0.4 is 10.1 Å². The molecule has 2 aliphatic rings. The SMILES string of the molecule is CC(C)CNCC1(CC2Cc3cc(F)ccc3O2)CCC1. The van der Waals surface area contributed by atoms with Crippen molar-refractivity contribution in [3.05, 3.63) is 29.6 Å². The van der Waals surface area contributed by atoms with Gasteiger partial charge in [0.2, 0.25) is 0 Å². The number of hydrogen-bond donors (Lipinski definition) is 1. The highest BCUT2D eigenvalue weighted by molar-refractivity contribution is 5.38. The van der Waals surface area contributed by atoms with E-state index in [9.17, 15) is 4.39 Å². The quantitative estimate of drug-likeness (QED) is 0.857. The van der Waals surface area contributed by atoms with E-state index in [1.54, 1.807) is 12.1 Å². The predicted molar refractivity (Wildman–Crippen MR) is 83.1 cm³/mol. The molecule has 1 N–H and O–H groups in total. The summed E-state index contributed by atoms with van der Waals surface area (Å²) in [5.41, 5.74) is 1.43. The van der Waals surface area contributed by atoms with E-state index in [4.69, 9.17) is 4.74 Å². The third-order valence-corrected chi connectivity index (χ3v) is 4.89. The first-order valence-electron chi connectivity index (χ1n) is 8.22. The third kappa shape index (κ3) is 3.39. The van der Waals surface area contributed by atoms with Crippen molar-refractivity contribution in [1.29, 1.82) is 0 Å². The van der Waals surface area contributed by atoms with Crippen LogP contribution in [0.15, 0.2) is 18.2 Å². The second-order valence-electron chi connectivity index (χ2n) is 7.28. The number of ether oxygens (including phenoxy) is 1. The first-order valence-corrected chi connectivity index (χ1v) is 8.22. The Labute approximate surface area is 127 Å². The van der Waals surface area contributed by atoms with Crippen LogP contribution in [0.3, 0.4) is 0 Å². The predicted octanol–water partition coefficient (Wildman–Crippen LogP) is 3.94. The lowest BCUT2D eigenvalue weighted by Crippen LogP contribution is -2.43. The standard InChI is InChI=1S/C18H26FNO/c1-13(2)11-20-12-18(6-3-7-18)10-16-9-14-8-15(19)4-5-17(14)21-16/h4-5,8,13,16,20H,3,6-7,9-12H2,1-2H3. The minimum absolute atomic E-state index is 0.157. The summed E-state index contributed by atoms with van der Waals surface area (Å²) in [4.78, 5) is 0. The van der Waals surface area contributed by atoms with E-state index >= 15 is 0 Å². The summed E-state index contributed by atoms with van der Waals surface area (Å²) in [6.07, 6.45) is 6.10. The van der Waals surface area contributed by atoms with Crippen molar-refractivity contribution in [2.75, 3.05) is 13.1 Å². The van der Waals surface area contributed by atoms with Gasteiger partial charge in [0.15, 0.2) is 0 Å². The molecule has 3 heteroatoms. The average Bonchev–Trinajstić information content (AvgIpc) is 2.76. The highest BCUT2D eigenvalue weighted by Gasteiger charge is 2.40. The largest absolute Gasteiger partial charge is 0.490 e. The highest BCUT2D eigenvalue weighted by Crippen LogP contribution is 2.46. The third-order valence-electron chi connectivity index (χ3n) is 4.89. The minimum Gasteiger partial charge on any atom is -0.490 e. The van der Waals surface area contributed by atoms with E-state index in [0.29, 0.717) is 11.3 Å². The first kappa shape index (κ1) is 14.8. The average molecular weight is 291 g/mol. The number of fused-ring (bicyclic) bond motifs is 1. The van der Waals surface area contributed by atoms with Gasteiger partial charge < -0.3 is 10.1 Å². The number of rotatable bonds is 6. The van der Waals surface area contributed by atoms with E-state index in [1.807, 2.05) is 0 Å². The fraction of sp³-hybridized carbons (Fsp3) is 0.667. The molecular weight excluding hydrogens is 265 g/mol. The Morgan fingerprint density at radius 1 is 1.38 bits per heavy atom. The molecule has 1 atom stereocenters. The van der Waals surface area contributed by atoms with E-state index in [-0.39, 0.29) is 11.9 Å². The van der Waals surface area contributed by atoms with Crippen LogP contribution in [0.2, 0.25) is 0 Å². The highest BCUT2D eigenvalue weighted by atomic mass is 19.1. The van der Waals surface area contributed by atoms with Crippen LogP contribution in [0, 0.1) is 17.2 Å². The molecule has 0 saturated heterocycles. The molecule has 1 aromatic rings. The molecule has 0 radical (unpaired) electrons. The van der Waals surface area contributed by atoms with Crippen LogP contribution in [0.4, 0.5) is 4.39 Å². The van der Waals surface area contributed by atoms with Crippen molar-refractivity contribution >= 4 is 0 Å². The van der Waals surface area contributed by atoms with Gasteiger partial charge in [0.1, 0.15) is 17.7 Å². The van der Waals surface area contributed by atoms with Gasteiger partial charge in [0.05, 0.1) is 0 Å². The zero-order valence-electron chi connectivity index (χ0n) is 13.1. The Balaban J connectivity index is 1.56. The summed E-state index contributed by atoms with van der Waals surface area (Å²) in [6, 6.07) is 4.89. The number of hydrogen-bond acceptors (Lipinski definition) is 2. The molecule has 1 aliphatic carbocycles. The lowest BCUT2D eigenvalue weighted by Gasteiger charge is -2.43. The number of benzene rings is 1. The molecule has 1 unspecified atom stereocenters. The summed E-state index contributed by atoms with van der Waals surface area (Å²) in [7, 11) is 0. The molecular formula is C18H26FNO. The van der Waals surface area contributed by atoms with Gasteiger partial charge in [-0.25, -0.2) is 4.39 Å². The molecule has 116 valence electrons. The monoisotopic (exact) mass is 291 g/mol. The molecule has 21 heavy (non-hydrogen) atoms. The van der Waals surface area contributed by atoms with E-state index in [0.717, 1.165) is 37.2 Å². The summed E-state index contributed by atoms with van der Waals surface area (Å²) in [5, 5.41) is 3.62. The van der Waals surface area contributed by atoms with E-state index < -0.39 is 0 Å². The Kier molecular flexibility index (Phi) is 4.21. The van der Waals surface area contributed by atoms with Crippen LogP contribution in [0.1, 0.15) is 45.1 Å². The van der Waals surface area contributed by atoms with Gasteiger partial charge in [-0.15, -0.1) is 0 Å². The Morgan fingerprint density at radius 2 is 2.19 bits per heavy atom. The lowest BCUT2D eigenvalue weighted by molar-refractivity contribution is 0.0603. The molecule has 1 heterocycles. The minimum atomic E-state index is -0.157. The molecule has 2 nitrogen and oxygen atoms in total. The van der Waals surface area contributed by atoms with Crippen LogP contribution in [-0.4, -0.2) is 19.2 Å². The second-order valence-corrected chi connectivity index (χ2v) is 7.28. The van der Waals surface area contributed by atoms with Gasteiger partial charge in [0, 0.05) is 18.5 Å². The van der Waals surface area contributed by atoms with Crippen LogP contribution >= 0.6 is 0 Å². The summed E-state index contributed by atoms with van der Waals surface area (Å²) >= 11 is 0. The fourth-order valence-electron chi connectivity index (χ4n) is 3.64. The summed E-state index contributed by atoms with van der Waals surface area (Å²) in [6.45, 7) is 6.66. The Hall–Kier alpha value is -1.09. The van der Waals surface area contributed by atoms with Gasteiger partial charge in [-0.05, 0) is 55.3 Å². The maximum atomic E-state index is 13.3. The lowest BCUT2D eigenvalue weighted by atomic mass is 9.65. The molecule has 0 bridgehead atoms. The van der Waals surface area contributed by atoms with Crippen molar-refractivity contribution in [3.63, 3.8) is 0 Å². The smallest absolute Gasteiger partial charge is 0.123 e. The van der Waals surface area contributed by atoms with Crippen molar-refractivity contribution in [2.24, 2.45) is 11.3 Å². The zero-order chi connectivity index (χ0) is 14.9. The second kappa shape index (κ2) is 5.96. The Bertz CT molecular complexity index is 496. The van der Waals surface area contributed by atoms with Gasteiger partial charge in [-0.2, -0.15) is 0 Å². The van der Waals surface area contributed by atoms with Crippen molar-refractivity contribution in [2.45, 2.75) is 52.1 Å². The first-order chi connectivity index (χ1) is 10.1. The molecule has 1 aliphatic heterocycles. The van der Waals surface area contributed by atoms with Crippen LogP contribution in [-0.2, 0) is 6.42 Å². The molecule has 0 spiro atoms. The maximum absolute atomic E-state index is 13.3. The molecule has 3 rings (SSSR count). The zero-order valence-corrected chi connectivity index (χ0v) is 13.1. The fourth-order valence-corrected chi connectivity index (χ4v) is 3.64. The van der Waals surface area contributed by atoms with Crippen molar-refractivity contribution in [1.82, 2.24) is 5.32 Å². The van der Waals surface area contributed by atoms with Gasteiger partial charge >= 0.3 is 0 Å². The van der Waals surface area contributed by atoms with Crippen molar-refractivity contribution in [3.8, 4) is 5.75 Å². The number of halogens is 1. The summed E-state index contributed by atoms with van der Waals surface area (Å²) in [5.74, 6) is 1.41. The van der Waals surface area contributed by atoms with E-state index in [2.05, 4.69) is 19.2 Å². The molecule has 1 saturated carbocycles. The van der Waals surface area contributed by atoms with Crippen molar-refractivity contribution < 1.29 is 9.13 Å². The number of nitrogens with one attached hydrogen (secondary N) is 1. The van der Waals surface area contributed by atoms with E-state index in [1.165, 1.54) is 25.3 Å². The van der Waals surface area contributed by atoms with Gasteiger partial charge in [-0.1, -0.05) is 20.3 Å². The van der Waals surface area contributed by atoms with Crippen LogP contribution in [0.5, 0.6) is 5.75 Å². The van der Waals surface area contributed by atoms with Crippen LogP contribution in [0.25, 0.3) is 0 Å². The summed E-state index contributed by atoms with van der Waals surface area (Å²) < 4.78 is 19.3. The van der Waals surface area contributed by atoms with Gasteiger partial charge in [0.25, 0.3) is 0 Å². The molecule has 1 fully saturated rings.